The minimum absolute atomic E-state index is 0.104. The summed E-state index contributed by atoms with van der Waals surface area (Å²) in [5, 5.41) is 0.813. The van der Waals surface area contributed by atoms with Crippen molar-refractivity contribution < 1.29 is 4.79 Å². The topological polar surface area (TPSA) is 49.3 Å². The lowest BCUT2D eigenvalue weighted by Gasteiger charge is -2.19. The van der Waals surface area contributed by atoms with Crippen LogP contribution < -0.4 is 0 Å². The van der Waals surface area contributed by atoms with Gasteiger partial charge in [-0.3, -0.25) is 9.78 Å². The Labute approximate surface area is 134 Å². The molecule has 0 aromatic carbocycles. The highest BCUT2D eigenvalue weighted by atomic mass is 32.1. The Morgan fingerprint density at radius 1 is 1.23 bits per heavy atom. The molecule has 1 aliphatic heterocycles. The predicted molar refractivity (Wildman–Crippen MR) is 88.1 cm³/mol. The third kappa shape index (κ3) is 3.18. The van der Waals surface area contributed by atoms with Crippen LogP contribution in [0.25, 0.3) is 10.7 Å². The normalized spacial score (nSPS) is 16.5. The van der Waals surface area contributed by atoms with Crippen molar-refractivity contribution in [2.24, 2.45) is 0 Å². The first kappa shape index (κ1) is 15.1. The van der Waals surface area contributed by atoms with Crippen LogP contribution in [0.4, 0.5) is 0 Å². The zero-order valence-corrected chi connectivity index (χ0v) is 13.8. The van der Waals surface area contributed by atoms with Gasteiger partial charge in [0, 0.05) is 25.8 Å². The molecule has 116 valence electrons. The molecule has 0 aliphatic carbocycles. The van der Waals surface area contributed by atoms with Gasteiger partial charge in [-0.05, 0) is 39.1 Å². The van der Waals surface area contributed by atoms with Gasteiger partial charge in [-0.1, -0.05) is 6.07 Å². The van der Waals surface area contributed by atoms with Gasteiger partial charge in [0.1, 0.15) is 9.88 Å². The predicted octanol–water partition coefficient (Wildman–Crippen LogP) is 2.29. The Kier molecular flexibility index (Phi) is 4.49. The molecule has 3 heterocycles. The van der Waals surface area contributed by atoms with Crippen LogP contribution in [0.2, 0.25) is 0 Å². The van der Waals surface area contributed by atoms with Crippen LogP contribution in [-0.4, -0.2) is 58.9 Å². The van der Waals surface area contributed by atoms with Crippen LogP contribution >= 0.6 is 11.3 Å². The van der Waals surface area contributed by atoms with Crippen LogP contribution in [-0.2, 0) is 0 Å². The lowest BCUT2D eigenvalue weighted by atomic mass is 10.3. The number of likely N-dealkylation sites (N-methyl/N-ethyl adjacent to an activating group) is 1. The Balaban J connectivity index is 1.82. The van der Waals surface area contributed by atoms with Crippen LogP contribution in [0, 0.1) is 6.92 Å². The fourth-order valence-corrected chi connectivity index (χ4v) is 3.60. The second-order valence-electron chi connectivity index (χ2n) is 5.60. The fourth-order valence-electron chi connectivity index (χ4n) is 2.59. The van der Waals surface area contributed by atoms with E-state index in [9.17, 15) is 4.79 Å². The minimum Gasteiger partial charge on any atom is -0.337 e. The number of aromatic nitrogens is 2. The molecule has 5 nitrogen and oxygen atoms in total. The van der Waals surface area contributed by atoms with Gasteiger partial charge in [-0.15, -0.1) is 11.3 Å². The molecule has 0 atom stereocenters. The van der Waals surface area contributed by atoms with E-state index in [2.05, 4.69) is 21.9 Å². The average molecular weight is 316 g/mol. The number of amides is 1. The van der Waals surface area contributed by atoms with Crippen molar-refractivity contribution in [3.05, 3.63) is 35.0 Å². The Morgan fingerprint density at radius 3 is 2.86 bits per heavy atom. The van der Waals surface area contributed by atoms with Crippen LogP contribution in [0.1, 0.15) is 21.8 Å². The molecule has 22 heavy (non-hydrogen) atoms. The third-order valence-corrected chi connectivity index (χ3v) is 5.05. The summed E-state index contributed by atoms with van der Waals surface area (Å²) in [7, 11) is 2.10. The molecule has 0 radical (unpaired) electrons. The molecule has 1 amide bonds. The summed E-state index contributed by atoms with van der Waals surface area (Å²) >= 11 is 1.44. The molecular formula is C16H20N4OS. The first-order valence-corrected chi connectivity index (χ1v) is 8.33. The van der Waals surface area contributed by atoms with Crippen molar-refractivity contribution in [3.8, 4) is 10.7 Å². The van der Waals surface area contributed by atoms with Gasteiger partial charge < -0.3 is 9.80 Å². The van der Waals surface area contributed by atoms with Gasteiger partial charge in [0.2, 0.25) is 0 Å². The van der Waals surface area contributed by atoms with E-state index >= 15 is 0 Å². The van der Waals surface area contributed by atoms with Crippen LogP contribution in [0.5, 0.6) is 0 Å². The number of hydrogen-bond acceptors (Lipinski definition) is 5. The lowest BCUT2D eigenvalue weighted by molar-refractivity contribution is 0.0766. The molecule has 1 aliphatic rings. The number of aryl methyl sites for hydroxylation is 1. The smallest absolute Gasteiger partial charge is 0.265 e. The third-order valence-electron chi connectivity index (χ3n) is 3.88. The maximum atomic E-state index is 12.8. The van der Waals surface area contributed by atoms with Gasteiger partial charge in [0.15, 0.2) is 0 Å². The largest absolute Gasteiger partial charge is 0.337 e. The fraction of sp³-hybridized carbons (Fsp3) is 0.438. The molecule has 0 saturated carbocycles. The van der Waals surface area contributed by atoms with Crippen molar-refractivity contribution in [2.45, 2.75) is 13.3 Å². The molecule has 2 aromatic rings. The van der Waals surface area contributed by atoms with Crippen molar-refractivity contribution >= 4 is 17.2 Å². The molecule has 1 saturated heterocycles. The Hall–Kier alpha value is -1.79. The summed E-state index contributed by atoms with van der Waals surface area (Å²) in [6.07, 6.45) is 2.77. The molecule has 6 heteroatoms. The highest BCUT2D eigenvalue weighted by Crippen LogP contribution is 2.27. The molecule has 3 rings (SSSR count). The molecule has 0 unspecified atom stereocenters. The average Bonchev–Trinajstić information content (AvgIpc) is 2.79. The van der Waals surface area contributed by atoms with E-state index in [0.717, 1.165) is 53.9 Å². The Bertz CT molecular complexity index is 655. The number of pyridine rings is 1. The number of hydrogen-bond donors (Lipinski definition) is 0. The zero-order valence-electron chi connectivity index (χ0n) is 13.0. The SMILES string of the molecule is Cc1nc(-c2ccccn2)sc1C(=O)N1CCCN(C)CC1. The summed E-state index contributed by atoms with van der Waals surface area (Å²) in [5.41, 5.74) is 1.62. The minimum atomic E-state index is 0.104. The monoisotopic (exact) mass is 316 g/mol. The van der Waals surface area contributed by atoms with Crippen molar-refractivity contribution in [3.63, 3.8) is 0 Å². The van der Waals surface area contributed by atoms with Gasteiger partial charge in [0.25, 0.3) is 5.91 Å². The molecule has 0 spiro atoms. The van der Waals surface area contributed by atoms with Crippen LogP contribution in [0.15, 0.2) is 24.4 Å². The van der Waals surface area contributed by atoms with Crippen LogP contribution in [0.3, 0.4) is 0 Å². The van der Waals surface area contributed by atoms with Gasteiger partial charge in [-0.25, -0.2) is 4.98 Å². The van der Waals surface area contributed by atoms with Gasteiger partial charge >= 0.3 is 0 Å². The first-order chi connectivity index (χ1) is 10.6. The second-order valence-corrected chi connectivity index (χ2v) is 6.60. The van der Waals surface area contributed by atoms with E-state index in [4.69, 9.17) is 0 Å². The van der Waals surface area contributed by atoms with E-state index in [1.165, 1.54) is 11.3 Å². The maximum absolute atomic E-state index is 12.8. The van der Waals surface area contributed by atoms with Gasteiger partial charge in [0.05, 0.1) is 11.4 Å². The number of carbonyl (C=O) groups is 1. The summed E-state index contributed by atoms with van der Waals surface area (Å²) in [5.74, 6) is 0.104. The quantitative estimate of drug-likeness (QED) is 0.853. The lowest BCUT2D eigenvalue weighted by Crippen LogP contribution is -2.34. The van der Waals surface area contributed by atoms with Crippen molar-refractivity contribution in [1.29, 1.82) is 0 Å². The molecule has 0 bridgehead atoms. The summed E-state index contributed by atoms with van der Waals surface area (Å²) in [6.45, 7) is 5.48. The summed E-state index contributed by atoms with van der Waals surface area (Å²) < 4.78 is 0. The number of thiazole rings is 1. The molecule has 0 N–H and O–H groups in total. The number of nitrogens with zero attached hydrogens (tertiary/aromatic N) is 4. The number of rotatable bonds is 2. The highest BCUT2D eigenvalue weighted by Gasteiger charge is 2.23. The van der Waals surface area contributed by atoms with Crippen molar-refractivity contribution in [1.82, 2.24) is 19.8 Å². The van der Waals surface area contributed by atoms with Gasteiger partial charge in [-0.2, -0.15) is 0 Å². The Morgan fingerprint density at radius 2 is 2.09 bits per heavy atom. The molecular weight excluding hydrogens is 296 g/mol. The van der Waals surface area contributed by atoms with E-state index in [1.807, 2.05) is 30.0 Å². The van der Waals surface area contributed by atoms with Crippen molar-refractivity contribution in [2.75, 3.05) is 33.2 Å². The maximum Gasteiger partial charge on any atom is 0.265 e. The second kappa shape index (κ2) is 6.54. The number of carbonyl (C=O) groups excluding carboxylic acids is 1. The molecule has 1 fully saturated rings. The highest BCUT2D eigenvalue weighted by molar-refractivity contribution is 7.17. The van der Waals surface area contributed by atoms with E-state index in [0.29, 0.717) is 0 Å². The first-order valence-electron chi connectivity index (χ1n) is 7.52. The summed E-state index contributed by atoms with van der Waals surface area (Å²) in [6, 6.07) is 5.74. The van der Waals surface area contributed by atoms with E-state index < -0.39 is 0 Å². The standard InChI is InChI=1S/C16H20N4OS/c1-12-14(16(21)20-9-5-8-19(2)10-11-20)22-15(18-12)13-6-3-4-7-17-13/h3-4,6-7H,5,8-11H2,1-2H3. The zero-order chi connectivity index (χ0) is 15.5. The molecule has 2 aromatic heterocycles. The summed E-state index contributed by atoms with van der Waals surface area (Å²) in [4.78, 5) is 26.6. The van der Waals surface area contributed by atoms with E-state index in [1.54, 1.807) is 6.20 Å². The van der Waals surface area contributed by atoms with E-state index in [-0.39, 0.29) is 5.91 Å².